The minimum atomic E-state index is 0.0565. The molecule has 1 aliphatic heterocycles. The Kier molecular flexibility index (Phi) is 6.87. The van der Waals surface area contributed by atoms with Gasteiger partial charge in [-0.15, -0.1) is 0 Å². The lowest BCUT2D eigenvalue weighted by atomic mass is 10.1. The number of carbonyl (C=O) groups excluding carboxylic acids is 1. The van der Waals surface area contributed by atoms with E-state index in [1.807, 2.05) is 23.1 Å². The second-order valence-electron chi connectivity index (χ2n) is 7.50. The third-order valence-corrected chi connectivity index (χ3v) is 4.77. The topological polar surface area (TPSA) is 54.9 Å². The molecule has 6 heteroatoms. The summed E-state index contributed by atoms with van der Waals surface area (Å²) in [6.45, 7) is 8.89. The molecule has 0 saturated carbocycles. The molecular weight excluding hydrogens is 354 g/mol. The van der Waals surface area contributed by atoms with Gasteiger partial charge in [-0.05, 0) is 35.7 Å². The molecule has 0 spiro atoms. The van der Waals surface area contributed by atoms with E-state index < -0.39 is 0 Å². The van der Waals surface area contributed by atoms with Gasteiger partial charge < -0.3 is 14.4 Å². The molecule has 1 amide bonds. The van der Waals surface area contributed by atoms with Gasteiger partial charge in [-0.3, -0.25) is 14.7 Å². The zero-order chi connectivity index (χ0) is 19.9. The number of ether oxygens (including phenoxy) is 2. The Morgan fingerprint density at radius 3 is 2.57 bits per heavy atom. The first-order chi connectivity index (χ1) is 13.6. The van der Waals surface area contributed by atoms with E-state index in [9.17, 15) is 4.79 Å². The molecule has 0 N–H and O–H groups in total. The predicted octanol–water partition coefficient (Wildman–Crippen LogP) is 3.08. The van der Waals surface area contributed by atoms with Crippen LogP contribution in [0.3, 0.4) is 0 Å². The molecule has 0 bridgehead atoms. The van der Waals surface area contributed by atoms with Crippen molar-refractivity contribution in [1.29, 1.82) is 0 Å². The molecule has 6 nitrogen and oxygen atoms in total. The van der Waals surface area contributed by atoms with Crippen molar-refractivity contribution in [3.8, 4) is 11.5 Å². The van der Waals surface area contributed by atoms with Crippen molar-refractivity contribution in [2.45, 2.75) is 20.4 Å². The van der Waals surface area contributed by atoms with Crippen LogP contribution in [0.4, 0.5) is 0 Å². The zero-order valence-electron chi connectivity index (χ0n) is 16.9. The number of nitrogens with zero attached hydrogens (tertiary/aromatic N) is 3. The van der Waals surface area contributed by atoms with Gasteiger partial charge in [0.05, 0.1) is 19.3 Å². The van der Waals surface area contributed by atoms with Crippen molar-refractivity contribution < 1.29 is 14.3 Å². The number of benzene rings is 1. The molecule has 28 heavy (non-hydrogen) atoms. The van der Waals surface area contributed by atoms with Gasteiger partial charge >= 0.3 is 0 Å². The highest BCUT2D eigenvalue weighted by atomic mass is 16.5. The average molecular weight is 383 g/mol. The Balaban J connectivity index is 1.55. The monoisotopic (exact) mass is 383 g/mol. The third kappa shape index (κ3) is 5.23. The van der Waals surface area contributed by atoms with Crippen LogP contribution in [0.15, 0.2) is 42.7 Å². The van der Waals surface area contributed by atoms with Gasteiger partial charge in [0.1, 0.15) is 0 Å². The van der Waals surface area contributed by atoms with Crippen LogP contribution in [0.25, 0.3) is 0 Å². The number of piperazine rings is 1. The minimum Gasteiger partial charge on any atom is -0.493 e. The molecule has 3 rings (SSSR count). The first kappa shape index (κ1) is 20.1. The predicted molar refractivity (Wildman–Crippen MR) is 109 cm³/mol. The van der Waals surface area contributed by atoms with Gasteiger partial charge in [-0.1, -0.05) is 19.9 Å². The number of carbonyl (C=O) groups is 1. The van der Waals surface area contributed by atoms with Crippen LogP contribution in [-0.4, -0.2) is 60.6 Å². The fourth-order valence-corrected chi connectivity index (χ4v) is 3.23. The van der Waals surface area contributed by atoms with Crippen LogP contribution in [0.5, 0.6) is 11.5 Å². The second kappa shape index (κ2) is 9.55. The van der Waals surface area contributed by atoms with Gasteiger partial charge in [-0.2, -0.15) is 0 Å². The average Bonchev–Trinajstić information content (AvgIpc) is 2.73. The van der Waals surface area contributed by atoms with E-state index in [0.29, 0.717) is 18.1 Å². The van der Waals surface area contributed by atoms with Crippen LogP contribution in [0.1, 0.15) is 29.8 Å². The third-order valence-electron chi connectivity index (χ3n) is 4.77. The minimum absolute atomic E-state index is 0.0565. The normalized spacial score (nSPS) is 14.9. The molecule has 2 heterocycles. The maximum Gasteiger partial charge on any atom is 0.255 e. The summed E-state index contributed by atoms with van der Waals surface area (Å²) in [6.07, 6.45) is 3.31. The Hall–Kier alpha value is -2.60. The number of rotatable bonds is 7. The van der Waals surface area contributed by atoms with Crippen LogP contribution < -0.4 is 9.47 Å². The van der Waals surface area contributed by atoms with Gasteiger partial charge in [-0.25, -0.2) is 0 Å². The van der Waals surface area contributed by atoms with E-state index in [-0.39, 0.29) is 5.91 Å². The Morgan fingerprint density at radius 1 is 1.14 bits per heavy atom. The van der Waals surface area contributed by atoms with Crippen molar-refractivity contribution in [2.24, 2.45) is 5.92 Å². The summed E-state index contributed by atoms with van der Waals surface area (Å²) in [5.41, 5.74) is 1.83. The number of amides is 1. The Bertz CT molecular complexity index is 772. The first-order valence-corrected chi connectivity index (χ1v) is 9.78. The highest BCUT2D eigenvalue weighted by molar-refractivity contribution is 5.93. The van der Waals surface area contributed by atoms with Crippen molar-refractivity contribution in [3.05, 3.63) is 53.9 Å². The SMILES string of the molecule is COc1cc(CN2CCN(C(=O)c3cccnc3)CC2)ccc1OCC(C)C. The molecule has 0 atom stereocenters. The molecule has 1 fully saturated rings. The van der Waals surface area contributed by atoms with E-state index in [0.717, 1.165) is 44.2 Å². The number of hydrogen-bond donors (Lipinski definition) is 0. The van der Waals surface area contributed by atoms with Gasteiger partial charge in [0, 0.05) is 45.1 Å². The number of hydrogen-bond acceptors (Lipinski definition) is 5. The second-order valence-corrected chi connectivity index (χ2v) is 7.50. The number of aromatic nitrogens is 1. The maximum absolute atomic E-state index is 12.5. The molecule has 0 unspecified atom stereocenters. The summed E-state index contributed by atoms with van der Waals surface area (Å²) < 4.78 is 11.3. The Morgan fingerprint density at radius 2 is 1.93 bits per heavy atom. The number of pyridine rings is 1. The Labute approximate surface area is 167 Å². The van der Waals surface area contributed by atoms with Crippen molar-refractivity contribution in [3.63, 3.8) is 0 Å². The molecule has 1 aliphatic rings. The molecule has 0 aliphatic carbocycles. The van der Waals surface area contributed by atoms with Crippen LogP contribution in [-0.2, 0) is 6.54 Å². The summed E-state index contributed by atoms with van der Waals surface area (Å²) >= 11 is 0. The van der Waals surface area contributed by atoms with E-state index in [4.69, 9.17) is 9.47 Å². The highest BCUT2D eigenvalue weighted by Gasteiger charge is 2.22. The van der Waals surface area contributed by atoms with Crippen molar-refractivity contribution in [2.75, 3.05) is 39.9 Å². The summed E-state index contributed by atoms with van der Waals surface area (Å²) in [5.74, 6) is 2.08. The van der Waals surface area contributed by atoms with Crippen LogP contribution in [0.2, 0.25) is 0 Å². The van der Waals surface area contributed by atoms with E-state index in [1.165, 1.54) is 5.56 Å². The summed E-state index contributed by atoms with van der Waals surface area (Å²) in [6, 6.07) is 9.73. The van der Waals surface area contributed by atoms with Crippen LogP contribution >= 0.6 is 0 Å². The quantitative estimate of drug-likeness (QED) is 0.735. The zero-order valence-corrected chi connectivity index (χ0v) is 16.9. The van der Waals surface area contributed by atoms with Crippen molar-refractivity contribution in [1.82, 2.24) is 14.8 Å². The fourth-order valence-electron chi connectivity index (χ4n) is 3.23. The molecule has 2 aromatic rings. The van der Waals surface area contributed by atoms with Gasteiger partial charge in [0.2, 0.25) is 0 Å². The standard InChI is InChI=1S/C22H29N3O3/c1-17(2)16-28-20-7-6-18(13-21(20)27-3)15-24-9-11-25(12-10-24)22(26)19-5-4-8-23-14-19/h4-8,13-14,17H,9-12,15-16H2,1-3H3. The van der Waals surface area contributed by atoms with Crippen molar-refractivity contribution >= 4 is 5.91 Å². The molecule has 0 radical (unpaired) electrons. The van der Waals surface area contributed by atoms with E-state index in [2.05, 4.69) is 29.8 Å². The molecule has 150 valence electrons. The maximum atomic E-state index is 12.5. The largest absolute Gasteiger partial charge is 0.493 e. The molecular formula is C22H29N3O3. The lowest BCUT2D eigenvalue weighted by molar-refractivity contribution is 0.0628. The van der Waals surface area contributed by atoms with Crippen LogP contribution in [0, 0.1) is 5.92 Å². The van der Waals surface area contributed by atoms with E-state index in [1.54, 1.807) is 25.6 Å². The van der Waals surface area contributed by atoms with E-state index >= 15 is 0 Å². The number of methoxy groups -OCH3 is 1. The first-order valence-electron chi connectivity index (χ1n) is 9.78. The smallest absolute Gasteiger partial charge is 0.255 e. The lowest BCUT2D eigenvalue weighted by Crippen LogP contribution is -2.48. The highest BCUT2D eigenvalue weighted by Crippen LogP contribution is 2.29. The molecule has 1 saturated heterocycles. The lowest BCUT2D eigenvalue weighted by Gasteiger charge is -2.34. The summed E-state index contributed by atoms with van der Waals surface area (Å²) in [4.78, 5) is 20.8. The van der Waals surface area contributed by atoms with Gasteiger partial charge in [0.25, 0.3) is 5.91 Å². The fraction of sp³-hybridized carbons (Fsp3) is 0.455. The summed E-state index contributed by atoms with van der Waals surface area (Å²) in [5, 5.41) is 0. The molecule has 1 aromatic heterocycles. The summed E-state index contributed by atoms with van der Waals surface area (Å²) in [7, 11) is 1.67. The molecule has 1 aromatic carbocycles. The van der Waals surface area contributed by atoms with Gasteiger partial charge in [0.15, 0.2) is 11.5 Å².